The molecule has 1 saturated heterocycles. The van der Waals surface area contributed by atoms with Crippen molar-refractivity contribution < 1.29 is 9.15 Å². The molecule has 1 fully saturated rings. The normalized spacial score (nSPS) is 22.9. The Morgan fingerprint density at radius 1 is 1.17 bits per heavy atom. The molecule has 4 rings (SSSR count). The molecule has 0 radical (unpaired) electrons. The van der Waals surface area contributed by atoms with Crippen LogP contribution in [-0.4, -0.2) is 25.1 Å². The van der Waals surface area contributed by atoms with Crippen molar-refractivity contribution in [3.05, 3.63) is 58.5 Å². The van der Waals surface area contributed by atoms with Gasteiger partial charge in [0.25, 0.3) is 0 Å². The molecule has 1 aliphatic heterocycles. The molecule has 1 aliphatic carbocycles. The topological polar surface area (TPSA) is 25.6 Å². The first-order valence-electron chi connectivity index (χ1n) is 9.01. The number of likely N-dealkylation sites (tertiary alicyclic amines) is 1. The monoisotopic (exact) mass is 325 g/mol. The zero-order valence-electron chi connectivity index (χ0n) is 15.0. The average Bonchev–Trinajstić information content (AvgIpc) is 3.11. The van der Waals surface area contributed by atoms with Gasteiger partial charge in [-0.25, -0.2) is 0 Å². The number of methoxy groups -OCH3 is 1. The summed E-state index contributed by atoms with van der Waals surface area (Å²) in [4.78, 5) is 2.53. The van der Waals surface area contributed by atoms with E-state index in [1.165, 1.54) is 29.5 Å². The largest absolute Gasteiger partial charge is 0.465 e. The lowest BCUT2D eigenvalue weighted by molar-refractivity contribution is 0.0674. The van der Waals surface area contributed by atoms with Gasteiger partial charge in [0.1, 0.15) is 11.5 Å². The third-order valence-corrected chi connectivity index (χ3v) is 5.97. The minimum absolute atomic E-state index is 0.263. The van der Waals surface area contributed by atoms with E-state index >= 15 is 0 Å². The van der Waals surface area contributed by atoms with Gasteiger partial charge >= 0.3 is 0 Å². The Morgan fingerprint density at radius 2 is 1.96 bits per heavy atom. The molecule has 1 aromatic carbocycles. The highest BCUT2D eigenvalue weighted by atomic mass is 16.5. The quantitative estimate of drug-likeness (QED) is 0.829. The van der Waals surface area contributed by atoms with E-state index in [4.69, 9.17) is 9.15 Å². The van der Waals surface area contributed by atoms with Crippen molar-refractivity contribution in [2.45, 2.75) is 51.2 Å². The van der Waals surface area contributed by atoms with Crippen molar-refractivity contribution in [3.63, 3.8) is 0 Å². The lowest BCUT2D eigenvalue weighted by atomic mass is 9.73. The number of furan rings is 1. The third-order valence-electron chi connectivity index (χ3n) is 5.97. The summed E-state index contributed by atoms with van der Waals surface area (Å²) < 4.78 is 11.6. The zero-order valence-corrected chi connectivity index (χ0v) is 15.0. The van der Waals surface area contributed by atoms with Crippen molar-refractivity contribution in [1.29, 1.82) is 0 Å². The molecule has 24 heavy (non-hydrogen) atoms. The Hall–Kier alpha value is -1.58. The van der Waals surface area contributed by atoms with Crippen LogP contribution in [0.4, 0.5) is 0 Å². The molecule has 1 unspecified atom stereocenters. The molecule has 2 aliphatic rings. The van der Waals surface area contributed by atoms with Crippen LogP contribution in [0.25, 0.3) is 0 Å². The third kappa shape index (κ3) is 2.70. The van der Waals surface area contributed by atoms with Crippen LogP contribution in [0, 0.1) is 13.8 Å². The van der Waals surface area contributed by atoms with Crippen molar-refractivity contribution in [2.75, 3.05) is 20.2 Å². The van der Waals surface area contributed by atoms with E-state index in [-0.39, 0.29) is 6.10 Å². The fourth-order valence-corrected chi connectivity index (χ4v) is 4.62. The Labute approximate surface area is 144 Å². The summed E-state index contributed by atoms with van der Waals surface area (Å²) in [7, 11) is 1.85. The molecule has 2 heterocycles. The fraction of sp³-hybridized carbons (Fsp3) is 0.524. The number of rotatable bonds is 3. The summed E-state index contributed by atoms with van der Waals surface area (Å²) in [5.74, 6) is 2.09. The van der Waals surface area contributed by atoms with Gasteiger partial charge in [0.05, 0.1) is 12.6 Å². The van der Waals surface area contributed by atoms with Gasteiger partial charge in [0.15, 0.2) is 0 Å². The SMILES string of the molecule is COC1CC2(CCN(Cc3ccc(C)o3)CC2)c2ccc(C)cc21. The van der Waals surface area contributed by atoms with Crippen molar-refractivity contribution in [2.24, 2.45) is 0 Å². The van der Waals surface area contributed by atoms with Crippen LogP contribution in [0.5, 0.6) is 0 Å². The van der Waals surface area contributed by atoms with Crippen LogP contribution in [0.1, 0.15) is 53.6 Å². The van der Waals surface area contributed by atoms with E-state index < -0.39 is 0 Å². The first kappa shape index (κ1) is 15.9. The molecule has 3 heteroatoms. The predicted octanol–water partition coefficient (Wildman–Crippen LogP) is 4.52. The van der Waals surface area contributed by atoms with E-state index in [0.717, 1.165) is 37.6 Å². The number of benzene rings is 1. The van der Waals surface area contributed by atoms with Gasteiger partial charge in [0, 0.05) is 12.5 Å². The molecule has 3 nitrogen and oxygen atoms in total. The smallest absolute Gasteiger partial charge is 0.118 e. The van der Waals surface area contributed by atoms with Gasteiger partial charge in [-0.1, -0.05) is 23.8 Å². The number of aryl methyl sites for hydroxylation is 2. The van der Waals surface area contributed by atoms with Crippen LogP contribution < -0.4 is 0 Å². The van der Waals surface area contributed by atoms with E-state index in [0.29, 0.717) is 5.41 Å². The minimum atomic E-state index is 0.263. The second-order valence-electron chi connectivity index (χ2n) is 7.59. The van der Waals surface area contributed by atoms with Crippen molar-refractivity contribution in [1.82, 2.24) is 4.90 Å². The lowest BCUT2D eigenvalue weighted by Crippen LogP contribution is -2.41. The fourth-order valence-electron chi connectivity index (χ4n) is 4.62. The highest BCUT2D eigenvalue weighted by molar-refractivity contribution is 5.44. The summed E-state index contributed by atoms with van der Waals surface area (Å²) in [6, 6.07) is 11.1. The van der Waals surface area contributed by atoms with Crippen molar-refractivity contribution in [3.8, 4) is 0 Å². The van der Waals surface area contributed by atoms with E-state index in [1.54, 1.807) is 0 Å². The van der Waals surface area contributed by atoms with Crippen LogP contribution in [0.2, 0.25) is 0 Å². The van der Waals surface area contributed by atoms with Crippen molar-refractivity contribution >= 4 is 0 Å². The Morgan fingerprint density at radius 3 is 2.62 bits per heavy atom. The number of hydrogen-bond acceptors (Lipinski definition) is 3. The lowest BCUT2D eigenvalue weighted by Gasteiger charge is -2.40. The number of hydrogen-bond donors (Lipinski definition) is 0. The molecule has 0 bridgehead atoms. The second-order valence-corrected chi connectivity index (χ2v) is 7.59. The maximum atomic E-state index is 5.82. The molecule has 1 atom stereocenters. The Balaban J connectivity index is 1.51. The minimum Gasteiger partial charge on any atom is -0.465 e. The molecule has 1 aromatic heterocycles. The van der Waals surface area contributed by atoms with Gasteiger partial charge in [-0.2, -0.15) is 0 Å². The highest BCUT2D eigenvalue weighted by Crippen LogP contribution is 2.52. The van der Waals surface area contributed by atoms with Gasteiger partial charge in [-0.05, 0) is 69.5 Å². The van der Waals surface area contributed by atoms with E-state index in [1.807, 2.05) is 14.0 Å². The van der Waals surface area contributed by atoms with Crippen LogP contribution in [0.15, 0.2) is 34.7 Å². The number of nitrogens with zero attached hydrogens (tertiary/aromatic N) is 1. The first-order valence-corrected chi connectivity index (χ1v) is 9.01. The summed E-state index contributed by atoms with van der Waals surface area (Å²) in [5.41, 5.74) is 4.60. The molecule has 128 valence electrons. The van der Waals surface area contributed by atoms with Crippen LogP contribution >= 0.6 is 0 Å². The molecule has 0 saturated carbocycles. The Bertz CT molecular complexity index is 725. The van der Waals surface area contributed by atoms with E-state index in [2.05, 4.69) is 42.2 Å². The predicted molar refractivity (Wildman–Crippen MR) is 95.2 cm³/mol. The molecular formula is C21H27NO2. The highest BCUT2D eigenvalue weighted by Gasteiger charge is 2.45. The maximum absolute atomic E-state index is 5.82. The molecular weight excluding hydrogens is 298 g/mol. The number of ether oxygens (including phenoxy) is 1. The summed E-state index contributed by atoms with van der Waals surface area (Å²) >= 11 is 0. The summed E-state index contributed by atoms with van der Waals surface area (Å²) in [5, 5.41) is 0. The molecule has 2 aromatic rings. The Kier molecular flexibility index (Phi) is 4.01. The first-order chi connectivity index (χ1) is 11.6. The van der Waals surface area contributed by atoms with Gasteiger partial charge < -0.3 is 9.15 Å². The summed E-state index contributed by atoms with van der Waals surface area (Å²) in [6.45, 7) is 7.37. The zero-order chi connectivity index (χ0) is 16.7. The second kappa shape index (κ2) is 6.05. The average molecular weight is 325 g/mol. The van der Waals surface area contributed by atoms with Crippen LogP contribution in [0.3, 0.4) is 0 Å². The molecule has 0 N–H and O–H groups in total. The van der Waals surface area contributed by atoms with Gasteiger partial charge in [0.2, 0.25) is 0 Å². The van der Waals surface area contributed by atoms with E-state index in [9.17, 15) is 0 Å². The number of fused-ring (bicyclic) bond motifs is 2. The van der Waals surface area contributed by atoms with Crippen LogP contribution in [-0.2, 0) is 16.7 Å². The van der Waals surface area contributed by atoms with Gasteiger partial charge in [-0.3, -0.25) is 4.90 Å². The summed E-state index contributed by atoms with van der Waals surface area (Å²) in [6.07, 6.45) is 3.82. The van der Waals surface area contributed by atoms with Gasteiger partial charge in [-0.15, -0.1) is 0 Å². The number of piperidine rings is 1. The molecule has 0 amide bonds. The molecule has 1 spiro atoms. The standard InChI is InChI=1S/C21H27NO2/c1-15-4-7-19-18(12-15)20(23-3)13-21(19)8-10-22(11-9-21)14-17-6-5-16(2)24-17/h4-7,12,20H,8-11,13-14H2,1-3H3. The maximum Gasteiger partial charge on any atom is 0.118 e.